The molecular weight excluding hydrogens is 344 g/mol. The minimum absolute atomic E-state index is 0.781. The number of hydrogen-bond acceptors (Lipinski definition) is 6. The Morgan fingerprint density at radius 2 is 1.88 bits per heavy atom. The molecule has 0 radical (unpaired) electrons. The lowest BCUT2D eigenvalue weighted by Gasteiger charge is -2.17. The molecule has 1 aromatic carbocycles. The summed E-state index contributed by atoms with van der Waals surface area (Å²) in [4.78, 5) is 4.88. The first-order valence-corrected chi connectivity index (χ1v) is 9.86. The monoisotopic (exact) mass is 366 g/mol. The van der Waals surface area contributed by atoms with Gasteiger partial charge in [0.1, 0.15) is 5.01 Å². The highest BCUT2D eigenvalue weighted by molar-refractivity contribution is 7.18. The van der Waals surface area contributed by atoms with E-state index in [-0.39, 0.29) is 0 Å². The second kappa shape index (κ2) is 6.17. The fourth-order valence-corrected chi connectivity index (χ4v) is 5.28. The van der Waals surface area contributed by atoms with E-state index in [1.54, 1.807) is 11.3 Å². The molecule has 3 aromatic rings. The third-order valence-corrected chi connectivity index (χ3v) is 6.66. The highest BCUT2D eigenvalue weighted by Crippen LogP contribution is 2.37. The first-order chi connectivity index (χ1) is 12.7. The Balaban J connectivity index is 1.37. The van der Waals surface area contributed by atoms with Gasteiger partial charge in [0, 0.05) is 43.5 Å². The van der Waals surface area contributed by atoms with Gasteiger partial charge >= 0.3 is 0 Å². The van der Waals surface area contributed by atoms with Gasteiger partial charge in [0.15, 0.2) is 0 Å². The van der Waals surface area contributed by atoms with E-state index in [0.717, 1.165) is 40.6 Å². The van der Waals surface area contributed by atoms with E-state index < -0.39 is 0 Å². The SMILES string of the molecule is Cc1cc(-c2cn[nH]c2)ccc1-c1nnc(N2C[C@H]3CN(C)C[C@H]3C2)s1. The number of fused-ring (bicyclic) bond motifs is 1. The van der Waals surface area contributed by atoms with Gasteiger partial charge < -0.3 is 9.80 Å². The van der Waals surface area contributed by atoms with E-state index in [1.165, 1.54) is 29.8 Å². The van der Waals surface area contributed by atoms with Crippen LogP contribution in [0.3, 0.4) is 0 Å². The van der Waals surface area contributed by atoms with Crippen LogP contribution in [0.15, 0.2) is 30.6 Å². The van der Waals surface area contributed by atoms with E-state index in [1.807, 2.05) is 12.4 Å². The summed E-state index contributed by atoms with van der Waals surface area (Å²) in [5.74, 6) is 1.56. The molecule has 0 unspecified atom stereocenters. The second-order valence-electron chi connectivity index (χ2n) is 7.55. The topological polar surface area (TPSA) is 60.9 Å². The number of aromatic nitrogens is 4. The van der Waals surface area contributed by atoms with Crippen LogP contribution in [0.25, 0.3) is 21.7 Å². The molecule has 0 spiro atoms. The lowest BCUT2D eigenvalue weighted by atomic mass is 10.0. The van der Waals surface area contributed by atoms with Crippen LogP contribution in [0.5, 0.6) is 0 Å². The van der Waals surface area contributed by atoms with Crippen molar-refractivity contribution in [3.05, 3.63) is 36.2 Å². The van der Waals surface area contributed by atoms with E-state index in [4.69, 9.17) is 0 Å². The number of H-pyrrole nitrogens is 1. The van der Waals surface area contributed by atoms with E-state index >= 15 is 0 Å². The van der Waals surface area contributed by atoms with Crippen LogP contribution in [-0.2, 0) is 0 Å². The molecule has 0 bridgehead atoms. The number of aryl methyl sites for hydroxylation is 1. The minimum Gasteiger partial charge on any atom is -0.346 e. The maximum atomic E-state index is 4.50. The van der Waals surface area contributed by atoms with Gasteiger partial charge in [0.05, 0.1) is 6.20 Å². The molecule has 2 aliphatic heterocycles. The molecule has 0 saturated carbocycles. The van der Waals surface area contributed by atoms with Crippen LogP contribution in [0.1, 0.15) is 5.56 Å². The zero-order valence-electron chi connectivity index (χ0n) is 15.0. The van der Waals surface area contributed by atoms with E-state index in [2.05, 4.69) is 62.4 Å². The van der Waals surface area contributed by atoms with Gasteiger partial charge in [-0.2, -0.15) is 5.10 Å². The van der Waals surface area contributed by atoms with Crippen molar-refractivity contribution in [2.75, 3.05) is 38.1 Å². The Morgan fingerprint density at radius 3 is 2.58 bits per heavy atom. The lowest BCUT2D eigenvalue weighted by molar-refractivity contribution is 0.387. The fourth-order valence-electron chi connectivity index (χ4n) is 4.33. The normalized spacial score (nSPS) is 22.9. The first kappa shape index (κ1) is 16.0. The van der Waals surface area contributed by atoms with Crippen LogP contribution in [0, 0.1) is 18.8 Å². The smallest absolute Gasteiger partial charge is 0.208 e. The molecule has 4 heterocycles. The molecule has 6 nitrogen and oxygen atoms in total. The molecule has 2 fully saturated rings. The molecule has 2 aromatic heterocycles. The van der Waals surface area contributed by atoms with Crippen molar-refractivity contribution in [1.82, 2.24) is 25.3 Å². The van der Waals surface area contributed by atoms with Crippen LogP contribution in [0.2, 0.25) is 0 Å². The zero-order chi connectivity index (χ0) is 17.7. The van der Waals surface area contributed by atoms with Crippen molar-refractivity contribution >= 4 is 16.5 Å². The van der Waals surface area contributed by atoms with Crippen LogP contribution < -0.4 is 4.90 Å². The summed E-state index contributed by atoms with van der Waals surface area (Å²) >= 11 is 1.71. The van der Waals surface area contributed by atoms with Crippen LogP contribution >= 0.6 is 11.3 Å². The predicted octanol–water partition coefficient (Wildman–Crippen LogP) is 2.90. The molecule has 2 aliphatic rings. The average molecular weight is 366 g/mol. The molecule has 0 aliphatic carbocycles. The maximum Gasteiger partial charge on any atom is 0.208 e. The average Bonchev–Trinajstić information content (AvgIpc) is 3.38. The van der Waals surface area contributed by atoms with E-state index in [9.17, 15) is 0 Å². The van der Waals surface area contributed by atoms with Crippen molar-refractivity contribution < 1.29 is 0 Å². The summed E-state index contributed by atoms with van der Waals surface area (Å²) in [7, 11) is 2.22. The Labute approximate surface area is 156 Å². The van der Waals surface area contributed by atoms with Gasteiger partial charge in [-0.15, -0.1) is 10.2 Å². The predicted molar refractivity (Wildman–Crippen MR) is 104 cm³/mol. The number of nitrogens with one attached hydrogen (secondary N) is 1. The van der Waals surface area contributed by atoms with Crippen LogP contribution in [0.4, 0.5) is 5.13 Å². The summed E-state index contributed by atoms with van der Waals surface area (Å²) in [6, 6.07) is 6.47. The van der Waals surface area contributed by atoms with Crippen molar-refractivity contribution in [1.29, 1.82) is 0 Å². The third kappa shape index (κ3) is 2.71. The molecule has 0 amide bonds. The van der Waals surface area contributed by atoms with Crippen molar-refractivity contribution in [2.45, 2.75) is 6.92 Å². The summed E-state index contributed by atoms with van der Waals surface area (Å²) in [6.45, 7) is 6.78. The molecule has 1 N–H and O–H groups in total. The molecule has 7 heteroatoms. The molecule has 2 atom stereocenters. The van der Waals surface area contributed by atoms with Gasteiger partial charge in [0.25, 0.3) is 0 Å². The molecular formula is C19H22N6S. The Morgan fingerprint density at radius 1 is 1.08 bits per heavy atom. The van der Waals surface area contributed by atoms with Gasteiger partial charge in [0.2, 0.25) is 5.13 Å². The lowest BCUT2D eigenvalue weighted by Crippen LogP contribution is -2.26. The summed E-state index contributed by atoms with van der Waals surface area (Å²) < 4.78 is 0. The Bertz CT molecular complexity index is 904. The Kier molecular flexibility index (Phi) is 3.79. The van der Waals surface area contributed by atoms with Gasteiger partial charge in [-0.05, 0) is 36.9 Å². The number of aromatic amines is 1. The van der Waals surface area contributed by atoms with Crippen molar-refractivity contribution in [2.24, 2.45) is 11.8 Å². The largest absolute Gasteiger partial charge is 0.346 e. The number of anilines is 1. The molecule has 2 saturated heterocycles. The number of likely N-dealkylation sites (tertiary alicyclic amines) is 1. The minimum atomic E-state index is 0.781. The number of hydrogen-bond donors (Lipinski definition) is 1. The second-order valence-corrected chi connectivity index (χ2v) is 8.51. The standard InChI is InChI=1S/C19H22N6S/c1-12-5-13(14-6-20-21-7-14)3-4-17(12)18-22-23-19(26-18)25-10-15-8-24(2)9-16(15)11-25/h3-7,15-16H,8-11H2,1-2H3,(H,20,21)/t15-,16+. The number of rotatable bonds is 3. The molecule has 26 heavy (non-hydrogen) atoms. The zero-order valence-corrected chi connectivity index (χ0v) is 15.8. The Hall–Kier alpha value is -2.25. The first-order valence-electron chi connectivity index (χ1n) is 9.04. The highest BCUT2D eigenvalue weighted by atomic mass is 32.1. The maximum absolute atomic E-state index is 4.50. The van der Waals surface area contributed by atoms with Crippen molar-refractivity contribution in [3.8, 4) is 21.7 Å². The fraction of sp³-hybridized carbons (Fsp3) is 0.421. The highest BCUT2D eigenvalue weighted by Gasteiger charge is 2.39. The quantitative estimate of drug-likeness (QED) is 0.772. The van der Waals surface area contributed by atoms with Crippen LogP contribution in [-0.4, -0.2) is 58.5 Å². The summed E-state index contributed by atoms with van der Waals surface area (Å²) in [5.41, 5.74) is 4.65. The van der Waals surface area contributed by atoms with Crippen molar-refractivity contribution in [3.63, 3.8) is 0 Å². The van der Waals surface area contributed by atoms with Gasteiger partial charge in [-0.3, -0.25) is 5.10 Å². The molecule has 134 valence electrons. The van der Waals surface area contributed by atoms with Gasteiger partial charge in [-0.1, -0.05) is 29.5 Å². The number of benzene rings is 1. The van der Waals surface area contributed by atoms with Gasteiger partial charge in [-0.25, -0.2) is 0 Å². The van der Waals surface area contributed by atoms with E-state index in [0.29, 0.717) is 0 Å². The summed E-state index contributed by atoms with van der Waals surface area (Å²) in [6.07, 6.45) is 3.76. The molecule has 5 rings (SSSR count). The number of nitrogens with zero attached hydrogens (tertiary/aromatic N) is 5. The summed E-state index contributed by atoms with van der Waals surface area (Å²) in [5, 5.41) is 18.0. The third-order valence-electron chi connectivity index (χ3n) is 5.64.